The Kier molecular flexibility index (Phi) is 5.57. The number of aryl methyl sites for hydroxylation is 2. The molecule has 1 aromatic carbocycles. The summed E-state index contributed by atoms with van der Waals surface area (Å²) >= 11 is 6.69. The lowest BCUT2D eigenvalue weighted by Gasteiger charge is -2.43. The molecule has 2 N–H and O–H groups in total. The maximum atomic E-state index is 10.4. The zero-order valence-electron chi connectivity index (χ0n) is 18.7. The zero-order valence-corrected chi connectivity index (χ0v) is 19.4. The van der Waals surface area contributed by atoms with E-state index in [1.165, 1.54) is 0 Å². The van der Waals surface area contributed by atoms with E-state index in [1.54, 1.807) is 10.9 Å². The molecule has 8 nitrogen and oxygen atoms in total. The van der Waals surface area contributed by atoms with Gasteiger partial charge in [0.15, 0.2) is 0 Å². The van der Waals surface area contributed by atoms with Crippen molar-refractivity contribution in [1.82, 2.24) is 24.6 Å². The van der Waals surface area contributed by atoms with Crippen molar-refractivity contribution < 1.29 is 9.84 Å². The first-order valence-electron chi connectivity index (χ1n) is 11.1. The van der Waals surface area contributed by atoms with Gasteiger partial charge in [0.05, 0.1) is 36.1 Å². The van der Waals surface area contributed by atoms with Gasteiger partial charge in [-0.25, -0.2) is 9.97 Å². The third kappa shape index (κ3) is 3.85. The Hall–Kier alpha value is -2.26. The Morgan fingerprint density at radius 1 is 1.25 bits per heavy atom. The predicted octanol–water partition coefficient (Wildman–Crippen LogP) is 3.40. The number of nitrogens with one attached hydrogen (secondary N) is 1. The van der Waals surface area contributed by atoms with Crippen LogP contribution < -0.4 is 5.32 Å². The molecule has 4 heterocycles. The molecule has 170 valence electrons. The first-order chi connectivity index (χ1) is 15.3. The van der Waals surface area contributed by atoms with Gasteiger partial charge in [-0.3, -0.25) is 9.58 Å². The number of hydrogen-bond acceptors (Lipinski definition) is 7. The Morgan fingerprint density at radius 2 is 2.03 bits per heavy atom. The fraction of sp³-hybridized carbons (Fsp3) is 0.522. The molecular formula is C23H29ClN6O2. The third-order valence-electron chi connectivity index (χ3n) is 6.99. The quantitative estimate of drug-likeness (QED) is 0.622. The van der Waals surface area contributed by atoms with Crippen molar-refractivity contribution in [2.45, 2.75) is 44.2 Å². The fourth-order valence-corrected chi connectivity index (χ4v) is 5.27. The van der Waals surface area contributed by atoms with E-state index in [4.69, 9.17) is 21.3 Å². The van der Waals surface area contributed by atoms with Gasteiger partial charge in [-0.2, -0.15) is 5.10 Å². The van der Waals surface area contributed by atoms with Crippen LogP contribution in [-0.4, -0.2) is 67.7 Å². The van der Waals surface area contributed by atoms with Crippen LogP contribution in [-0.2, 0) is 11.8 Å². The summed E-state index contributed by atoms with van der Waals surface area (Å²) in [5.74, 6) is 1.74. The van der Waals surface area contributed by atoms with E-state index in [0.717, 1.165) is 58.9 Å². The van der Waals surface area contributed by atoms with Crippen molar-refractivity contribution in [3.63, 3.8) is 0 Å². The summed E-state index contributed by atoms with van der Waals surface area (Å²) in [4.78, 5) is 11.5. The lowest BCUT2D eigenvalue weighted by molar-refractivity contribution is -0.00211. The minimum Gasteiger partial charge on any atom is -0.389 e. The smallest absolute Gasteiger partial charge is 0.228 e. The minimum atomic E-state index is -0.436. The first-order valence-corrected chi connectivity index (χ1v) is 11.5. The SMILES string of the molecule is Cc1cc(Nc2ncc3cc(Cl)c(C4CCN(C5(C)COCC5O)CC4)cc3n2)n(C)n1. The van der Waals surface area contributed by atoms with Crippen molar-refractivity contribution in [2.75, 3.05) is 31.6 Å². The van der Waals surface area contributed by atoms with Gasteiger partial charge in [0, 0.05) is 29.7 Å². The van der Waals surface area contributed by atoms with E-state index in [9.17, 15) is 5.11 Å². The minimum absolute atomic E-state index is 0.296. The number of ether oxygens (including phenoxy) is 1. The number of piperidine rings is 1. The van der Waals surface area contributed by atoms with Gasteiger partial charge in [-0.15, -0.1) is 0 Å². The number of aliphatic hydroxyl groups is 1. The molecule has 2 aliphatic rings. The van der Waals surface area contributed by atoms with Crippen LogP contribution in [0.25, 0.3) is 10.9 Å². The average Bonchev–Trinajstić information content (AvgIpc) is 3.28. The number of benzene rings is 1. The molecule has 0 saturated carbocycles. The van der Waals surface area contributed by atoms with Crippen LogP contribution >= 0.6 is 11.6 Å². The fourth-order valence-electron chi connectivity index (χ4n) is 4.94. The van der Waals surface area contributed by atoms with Crippen LogP contribution in [0.15, 0.2) is 24.4 Å². The molecule has 0 amide bonds. The van der Waals surface area contributed by atoms with Crippen molar-refractivity contribution in [3.05, 3.63) is 40.7 Å². The number of aromatic nitrogens is 4. The monoisotopic (exact) mass is 456 g/mol. The summed E-state index contributed by atoms with van der Waals surface area (Å²) in [6.07, 6.45) is 3.33. The highest BCUT2D eigenvalue weighted by Gasteiger charge is 2.45. The Labute approximate surface area is 192 Å². The summed E-state index contributed by atoms with van der Waals surface area (Å²) in [6, 6.07) is 6.03. The van der Waals surface area contributed by atoms with E-state index in [0.29, 0.717) is 25.1 Å². The number of aliphatic hydroxyl groups excluding tert-OH is 1. The number of fused-ring (bicyclic) bond motifs is 1. The molecule has 0 aliphatic carbocycles. The van der Waals surface area contributed by atoms with Crippen molar-refractivity contribution in [1.29, 1.82) is 0 Å². The van der Waals surface area contributed by atoms with Gasteiger partial charge < -0.3 is 15.2 Å². The number of anilines is 2. The molecule has 2 aliphatic heterocycles. The van der Waals surface area contributed by atoms with Gasteiger partial charge >= 0.3 is 0 Å². The number of likely N-dealkylation sites (tertiary alicyclic amines) is 1. The molecule has 2 atom stereocenters. The van der Waals surface area contributed by atoms with Gasteiger partial charge in [0.1, 0.15) is 5.82 Å². The van der Waals surface area contributed by atoms with Crippen molar-refractivity contribution in [2.24, 2.45) is 7.05 Å². The standard InChI is InChI=1S/C23H29ClN6O2/c1-14-8-21(29(3)28-14)27-22-25-11-16-9-18(24)17(10-19(16)26-22)15-4-6-30(7-5-15)23(2)13-32-12-20(23)31/h8-11,15,20,31H,4-7,12-13H2,1-3H3,(H,25,26,27). The maximum absolute atomic E-state index is 10.4. The Bertz CT molecular complexity index is 1140. The van der Waals surface area contributed by atoms with E-state index in [2.05, 4.69) is 33.3 Å². The summed E-state index contributed by atoms with van der Waals surface area (Å²) in [7, 11) is 1.89. The van der Waals surface area contributed by atoms with E-state index in [-0.39, 0.29) is 5.54 Å². The highest BCUT2D eigenvalue weighted by atomic mass is 35.5. The molecule has 32 heavy (non-hydrogen) atoms. The van der Waals surface area contributed by atoms with Gasteiger partial charge in [-0.1, -0.05) is 11.6 Å². The summed E-state index contributed by atoms with van der Waals surface area (Å²) in [5, 5.41) is 19.7. The largest absolute Gasteiger partial charge is 0.389 e. The van der Waals surface area contributed by atoms with Crippen LogP contribution in [0.2, 0.25) is 5.02 Å². The lowest BCUT2D eigenvalue weighted by atomic mass is 9.85. The van der Waals surface area contributed by atoms with Crippen LogP contribution in [0, 0.1) is 6.92 Å². The Balaban J connectivity index is 1.36. The number of halogens is 1. The normalized spacial score (nSPS) is 25.0. The molecule has 0 bridgehead atoms. The van der Waals surface area contributed by atoms with Crippen LogP contribution in [0.4, 0.5) is 11.8 Å². The molecule has 2 aromatic heterocycles. The Morgan fingerprint density at radius 3 is 2.69 bits per heavy atom. The molecular weight excluding hydrogens is 428 g/mol. The molecule has 2 fully saturated rings. The average molecular weight is 457 g/mol. The van der Waals surface area contributed by atoms with Gasteiger partial charge in [0.2, 0.25) is 5.95 Å². The predicted molar refractivity (Wildman–Crippen MR) is 125 cm³/mol. The number of rotatable bonds is 4. The van der Waals surface area contributed by atoms with Crippen molar-refractivity contribution >= 4 is 34.3 Å². The molecule has 2 saturated heterocycles. The molecule has 5 rings (SSSR count). The molecule has 3 aromatic rings. The molecule has 0 spiro atoms. The van der Waals surface area contributed by atoms with Gasteiger partial charge in [0.25, 0.3) is 0 Å². The zero-order chi connectivity index (χ0) is 22.5. The third-order valence-corrected chi connectivity index (χ3v) is 7.31. The lowest BCUT2D eigenvalue weighted by Crippen LogP contribution is -2.56. The van der Waals surface area contributed by atoms with Gasteiger partial charge in [-0.05, 0) is 63.4 Å². The second kappa shape index (κ2) is 8.26. The molecule has 0 radical (unpaired) electrons. The second-order valence-electron chi connectivity index (χ2n) is 9.20. The molecule has 2 unspecified atom stereocenters. The number of nitrogens with zero attached hydrogens (tertiary/aromatic N) is 5. The summed E-state index contributed by atoms with van der Waals surface area (Å²) in [5.41, 5.74) is 2.64. The van der Waals surface area contributed by atoms with E-state index < -0.39 is 6.10 Å². The summed E-state index contributed by atoms with van der Waals surface area (Å²) < 4.78 is 7.30. The second-order valence-corrected chi connectivity index (χ2v) is 9.60. The number of hydrogen-bond donors (Lipinski definition) is 2. The first kappa shape index (κ1) is 21.6. The highest BCUT2D eigenvalue weighted by molar-refractivity contribution is 6.32. The maximum Gasteiger partial charge on any atom is 0.228 e. The van der Waals surface area contributed by atoms with Crippen LogP contribution in [0.1, 0.15) is 36.9 Å². The molecule has 9 heteroatoms. The van der Waals surface area contributed by atoms with Crippen LogP contribution in [0.3, 0.4) is 0 Å². The van der Waals surface area contributed by atoms with Crippen molar-refractivity contribution in [3.8, 4) is 0 Å². The topological polar surface area (TPSA) is 88.3 Å². The van der Waals surface area contributed by atoms with Crippen LogP contribution in [0.5, 0.6) is 0 Å². The van der Waals surface area contributed by atoms with E-state index in [1.807, 2.05) is 26.1 Å². The highest BCUT2D eigenvalue weighted by Crippen LogP contribution is 2.38. The summed E-state index contributed by atoms with van der Waals surface area (Å²) in [6.45, 7) is 6.87. The van der Waals surface area contributed by atoms with E-state index >= 15 is 0 Å².